The van der Waals surface area contributed by atoms with E-state index in [1.165, 1.54) is 4.90 Å². The Kier molecular flexibility index (Phi) is 5.51. The van der Waals surface area contributed by atoms with Crippen LogP contribution in [-0.2, 0) is 14.3 Å². The standard InChI is InChI=1S/C17H27N3O4/c1-5-8-18-11-12-20(15(22)14(18)21)13-6-9-19(10-7-13)16(23)24-17(2,3)4/h5,13H,1,6-12H2,2-4H3. The first-order chi connectivity index (χ1) is 11.2. The van der Waals surface area contributed by atoms with Gasteiger partial charge in [0.25, 0.3) is 0 Å². The lowest BCUT2D eigenvalue weighted by atomic mass is 10.0. The van der Waals surface area contributed by atoms with Crippen molar-refractivity contribution in [3.63, 3.8) is 0 Å². The summed E-state index contributed by atoms with van der Waals surface area (Å²) in [7, 11) is 0. The van der Waals surface area contributed by atoms with Crippen LogP contribution in [0.4, 0.5) is 4.79 Å². The molecular weight excluding hydrogens is 310 g/mol. The highest BCUT2D eigenvalue weighted by molar-refractivity contribution is 6.35. The van der Waals surface area contributed by atoms with Gasteiger partial charge in [0.2, 0.25) is 0 Å². The first-order valence-electron chi connectivity index (χ1n) is 8.41. The highest BCUT2D eigenvalue weighted by atomic mass is 16.6. The zero-order chi connectivity index (χ0) is 17.9. The Hall–Kier alpha value is -2.05. The number of rotatable bonds is 3. The molecule has 0 saturated carbocycles. The average Bonchev–Trinajstić information content (AvgIpc) is 2.51. The van der Waals surface area contributed by atoms with Crippen LogP contribution in [0, 0.1) is 0 Å². The maximum atomic E-state index is 12.3. The summed E-state index contributed by atoms with van der Waals surface area (Å²) >= 11 is 0. The third-order valence-corrected chi connectivity index (χ3v) is 4.25. The number of carbonyl (C=O) groups is 3. The largest absolute Gasteiger partial charge is 0.444 e. The van der Waals surface area contributed by atoms with E-state index in [1.54, 1.807) is 15.9 Å². The van der Waals surface area contributed by atoms with Gasteiger partial charge in [-0.3, -0.25) is 9.59 Å². The number of hydrogen-bond acceptors (Lipinski definition) is 4. The molecule has 0 bridgehead atoms. The molecule has 2 aliphatic heterocycles. The van der Waals surface area contributed by atoms with Crippen molar-refractivity contribution in [1.82, 2.24) is 14.7 Å². The molecule has 2 fully saturated rings. The second-order valence-corrected chi connectivity index (χ2v) is 7.24. The van der Waals surface area contributed by atoms with Gasteiger partial charge in [0, 0.05) is 38.8 Å². The van der Waals surface area contributed by atoms with Crippen molar-refractivity contribution in [2.24, 2.45) is 0 Å². The minimum Gasteiger partial charge on any atom is -0.444 e. The molecule has 0 aliphatic carbocycles. The Morgan fingerprint density at radius 1 is 1.17 bits per heavy atom. The summed E-state index contributed by atoms with van der Waals surface area (Å²) in [6.45, 7) is 11.7. The third kappa shape index (κ3) is 4.27. The Labute approximate surface area is 143 Å². The summed E-state index contributed by atoms with van der Waals surface area (Å²) in [6.07, 6.45) is 2.64. The molecule has 0 unspecified atom stereocenters. The van der Waals surface area contributed by atoms with Gasteiger partial charge in [0.05, 0.1) is 0 Å². The molecule has 7 heteroatoms. The molecule has 0 radical (unpaired) electrons. The van der Waals surface area contributed by atoms with Crippen molar-refractivity contribution in [2.75, 3.05) is 32.7 Å². The first-order valence-corrected chi connectivity index (χ1v) is 8.41. The Balaban J connectivity index is 1.88. The monoisotopic (exact) mass is 337 g/mol. The van der Waals surface area contributed by atoms with Gasteiger partial charge in [-0.15, -0.1) is 6.58 Å². The number of hydrogen-bond donors (Lipinski definition) is 0. The molecule has 3 amide bonds. The van der Waals surface area contributed by atoms with E-state index in [1.807, 2.05) is 20.8 Å². The van der Waals surface area contributed by atoms with Crippen LogP contribution in [0.15, 0.2) is 12.7 Å². The summed E-state index contributed by atoms with van der Waals surface area (Å²) in [6, 6.07) is 0.00557. The van der Waals surface area contributed by atoms with E-state index in [0.717, 1.165) is 0 Å². The molecule has 134 valence electrons. The van der Waals surface area contributed by atoms with Crippen molar-refractivity contribution in [3.8, 4) is 0 Å². The maximum absolute atomic E-state index is 12.3. The molecule has 0 aromatic rings. The molecular formula is C17H27N3O4. The zero-order valence-electron chi connectivity index (χ0n) is 14.8. The molecule has 2 aliphatic rings. The minimum atomic E-state index is -0.516. The van der Waals surface area contributed by atoms with E-state index in [4.69, 9.17) is 4.74 Å². The Morgan fingerprint density at radius 3 is 2.33 bits per heavy atom. The molecule has 0 aromatic heterocycles. The SMILES string of the molecule is C=CCN1CCN(C2CCN(C(=O)OC(C)(C)C)CC2)C(=O)C1=O. The van der Waals surface area contributed by atoms with Crippen LogP contribution in [0.2, 0.25) is 0 Å². The van der Waals surface area contributed by atoms with E-state index >= 15 is 0 Å². The number of likely N-dealkylation sites (tertiary alicyclic amines) is 1. The Bertz CT molecular complexity index is 518. The van der Waals surface area contributed by atoms with Crippen molar-refractivity contribution in [2.45, 2.75) is 45.3 Å². The van der Waals surface area contributed by atoms with E-state index in [2.05, 4.69) is 6.58 Å². The number of ether oxygens (including phenoxy) is 1. The summed E-state index contributed by atoms with van der Waals surface area (Å²) in [5, 5.41) is 0. The van der Waals surface area contributed by atoms with Crippen molar-refractivity contribution >= 4 is 17.9 Å². The highest BCUT2D eigenvalue weighted by Crippen LogP contribution is 2.21. The van der Waals surface area contributed by atoms with Crippen molar-refractivity contribution in [3.05, 3.63) is 12.7 Å². The van der Waals surface area contributed by atoms with Gasteiger partial charge in [-0.2, -0.15) is 0 Å². The summed E-state index contributed by atoms with van der Waals surface area (Å²) in [5.74, 6) is -0.908. The van der Waals surface area contributed by atoms with Gasteiger partial charge in [-0.05, 0) is 33.6 Å². The number of nitrogens with zero attached hydrogens (tertiary/aromatic N) is 3. The number of carbonyl (C=O) groups excluding carboxylic acids is 3. The van der Waals surface area contributed by atoms with Crippen molar-refractivity contribution in [1.29, 1.82) is 0 Å². The van der Waals surface area contributed by atoms with Crippen LogP contribution >= 0.6 is 0 Å². The lowest BCUT2D eigenvalue weighted by molar-refractivity contribution is -0.158. The lowest BCUT2D eigenvalue weighted by Crippen LogP contribution is -2.59. The van der Waals surface area contributed by atoms with E-state index < -0.39 is 17.4 Å². The highest BCUT2D eigenvalue weighted by Gasteiger charge is 2.38. The van der Waals surface area contributed by atoms with E-state index in [9.17, 15) is 14.4 Å². The van der Waals surface area contributed by atoms with Crippen LogP contribution in [0.25, 0.3) is 0 Å². The fourth-order valence-corrected chi connectivity index (χ4v) is 3.05. The number of piperazine rings is 1. The van der Waals surface area contributed by atoms with Gasteiger partial charge in [-0.25, -0.2) is 4.79 Å². The minimum absolute atomic E-state index is 0.00557. The molecule has 0 aromatic carbocycles. The van der Waals surface area contributed by atoms with Crippen LogP contribution in [0.1, 0.15) is 33.6 Å². The average molecular weight is 337 g/mol. The molecule has 0 N–H and O–H groups in total. The molecule has 7 nitrogen and oxygen atoms in total. The first kappa shape index (κ1) is 18.3. The fraction of sp³-hybridized carbons (Fsp3) is 0.706. The second-order valence-electron chi connectivity index (χ2n) is 7.24. The van der Waals surface area contributed by atoms with Crippen molar-refractivity contribution < 1.29 is 19.1 Å². The summed E-state index contributed by atoms with van der Waals surface area (Å²) < 4.78 is 5.37. The van der Waals surface area contributed by atoms with Gasteiger partial charge in [0.1, 0.15) is 5.60 Å². The quantitative estimate of drug-likeness (QED) is 0.574. The molecule has 2 rings (SSSR count). The van der Waals surface area contributed by atoms with E-state index in [0.29, 0.717) is 45.6 Å². The predicted octanol–water partition coefficient (Wildman–Crippen LogP) is 1.24. The predicted molar refractivity (Wildman–Crippen MR) is 89.3 cm³/mol. The topological polar surface area (TPSA) is 70.2 Å². The molecule has 2 saturated heterocycles. The lowest BCUT2D eigenvalue weighted by Gasteiger charge is -2.42. The molecule has 0 atom stereocenters. The van der Waals surface area contributed by atoms with Crippen LogP contribution in [0.3, 0.4) is 0 Å². The van der Waals surface area contributed by atoms with Gasteiger partial charge in [0.15, 0.2) is 0 Å². The van der Waals surface area contributed by atoms with Gasteiger partial charge < -0.3 is 19.4 Å². The molecule has 2 heterocycles. The fourth-order valence-electron chi connectivity index (χ4n) is 3.05. The zero-order valence-corrected chi connectivity index (χ0v) is 14.8. The molecule has 0 spiro atoms. The number of piperidine rings is 1. The van der Waals surface area contributed by atoms with Crippen LogP contribution < -0.4 is 0 Å². The third-order valence-electron chi connectivity index (χ3n) is 4.25. The Morgan fingerprint density at radius 2 is 1.79 bits per heavy atom. The van der Waals surface area contributed by atoms with Crippen LogP contribution in [0.5, 0.6) is 0 Å². The summed E-state index contributed by atoms with van der Waals surface area (Å²) in [4.78, 5) is 41.3. The maximum Gasteiger partial charge on any atom is 0.410 e. The van der Waals surface area contributed by atoms with Gasteiger partial charge >= 0.3 is 17.9 Å². The van der Waals surface area contributed by atoms with E-state index in [-0.39, 0.29) is 12.1 Å². The van der Waals surface area contributed by atoms with Crippen LogP contribution in [-0.4, -0.2) is 77.0 Å². The molecule has 24 heavy (non-hydrogen) atoms. The summed E-state index contributed by atoms with van der Waals surface area (Å²) in [5.41, 5.74) is -0.516. The van der Waals surface area contributed by atoms with Gasteiger partial charge in [-0.1, -0.05) is 6.08 Å². The second kappa shape index (κ2) is 7.23. The normalized spacial score (nSPS) is 20.4. The smallest absolute Gasteiger partial charge is 0.410 e. The number of amides is 3.